The number of aromatic nitrogens is 4. The smallest absolute Gasteiger partial charge is 0.364 e. The first kappa shape index (κ1) is 12.4. The minimum absolute atomic E-state index is 0.340. The molecule has 0 amide bonds. The zero-order valence-electron chi connectivity index (χ0n) is 11.5. The van der Waals surface area contributed by atoms with Gasteiger partial charge in [0.05, 0.1) is 13.3 Å². The molecule has 3 rings (SSSR count). The number of fused-ring (bicyclic) bond motifs is 1. The number of aryl methyl sites for hydroxylation is 2. The van der Waals surface area contributed by atoms with E-state index in [4.69, 9.17) is 4.74 Å². The Hall–Kier alpha value is -2.63. The number of benzene rings is 1. The molecule has 3 aromatic rings. The molecule has 0 aliphatic carbocycles. The van der Waals surface area contributed by atoms with Gasteiger partial charge in [-0.15, -0.1) is 0 Å². The number of rotatable bonds is 2. The summed E-state index contributed by atoms with van der Waals surface area (Å²) in [5, 5.41) is 10.6. The average molecular weight is 270 g/mol. The third-order valence-electron chi connectivity index (χ3n) is 3.34. The van der Waals surface area contributed by atoms with Crippen LogP contribution in [-0.4, -0.2) is 26.9 Å². The number of aromatic amines is 1. The van der Waals surface area contributed by atoms with Gasteiger partial charge >= 0.3 is 5.69 Å². The Kier molecular flexibility index (Phi) is 2.78. The first-order valence-corrected chi connectivity index (χ1v) is 6.20. The quantitative estimate of drug-likeness (QED) is 0.769. The summed E-state index contributed by atoms with van der Waals surface area (Å²) in [5.41, 5.74) is 4.12. The van der Waals surface area contributed by atoms with Crippen molar-refractivity contribution in [2.45, 2.75) is 13.8 Å². The van der Waals surface area contributed by atoms with Gasteiger partial charge in [0, 0.05) is 5.56 Å². The molecule has 0 atom stereocenters. The summed E-state index contributed by atoms with van der Waals surface area (Å²) >= 11 is 0. The molecule has 6 nitrogen and oxygen atoms in total. The highest BCUT2D eigenvalue weighted by Crippen LogP contribution is 2.30. The summed E-state index contributed by atoms with van der Waals surface area (Å²) in [7, 11) is 1.64. The highest BCUT2D eigenvalue weighted by Gasteiger charge is 2.14. The number of hydrogen-bond acceptors (Lipinski definition) is 4. The van der Waals surface area contributed by atoms with Crippen LogP contribution in [-0.2, 0) is 0 Å². The molecule has 0 aliphatic heterocycles. The number of nitrogens with one attached hydrogen (secondary N) is 1. The van der Waals surface area contributed by atoms with Crippen LogP contribution in [0.15, 0.2) is 29.2 Å². The van der Waals surface area contributed by atoms with Crippen molar-refractivity contribution in [3.05, 3.63) is 46.0 Å². The Bertz CT molecular complexity index is 848. The van der Waals surface area contributed by atoms with Crippen molar-refractivity contribution in [2.24, 2.45) is 0 Å². The second-order valence-electron chi connectivity index (χ2n) is 4.65. The molecule has 20 heavy (non-hydrogen) atoms. The van der Waals surface area contributed by atoms with E-state index in [1.54, 1.807) is 13.3 Å². The Balaban J connectivity index is 2.34. The van der Waals surface area contributed by atoms with Gasteiger partial charge in [-0.3, -0.25) is 0 Å². The van der Waals surface area contributed by atoms with E-state index in [1.165, 1.54) is 4.52 Å². The van der Waals surface area contributed by atoms with Gasteiger partial charge in [0.1, 0.15) is 5.75 Å². The van der Waals surface area contributed by atoms with Gasteiger partial charge in [-0.1, -0.05) is 6.07 Å². The Morgan fingerprint density at radius 2 is 2.05 bits per heavy atom. The lowest BCUT2D eigenvalue weighted by Gasteiger charge is -2.11. The van der Waals surface area contributed by atoms with Crippen molar-refractivity contribution in [1.29, 1.82) is 0 Å². The van der Waals surface area contributed by atoms with Crippen molar-refractivity contribution in [2.75, 3.05) is 7.11 Å². The first-order valence-electron chi connectivity index (χ1n) is 6.20. The summed E-state index contributed by atoms with van der Waals surface area (Å²) in [6.45, 7) is 3.95. The highest BCUT2D eigenvalue weighted by atomic mass is 16.5. The van der Waals surface area contributed by atoms with Crippen molar-refractivity contribution in [3.63, 3.8) is 0 Å². The van der Waals surface area contributed by atoms with Gasteiger partial charge < -0.3 is 4.74 Å². The zero-order chi connectivity index (χ0) is 14.3. The molecule has 2 heterocycles. The predicted octanol–water partition coefficient (Wildman–Crippen LogP) is 1.71. The number of methoxy groups -OCH3 is 1. The monoisotopic (exact) mass is 270 g/mol. The molecule has 102 valence electrons. The fourth-order valence-electron chi connectivity index (χ4n) is 2.32. The van der Waals surface area contributed by atoms with Crippen LogP contribution in [0.4, 0.5) is 0 Å². The van der Waals surface area contributed by atoms with Crippen LogP contribution < -0.4 is 10.4 Å². The maximum absolute atomic E-state index is 11.6. The first-order chi connectivity index (χ1) is 9.61. The molecule has 0 saturated heterocycles. The van der Waals surface area contributed by atoms with Crippen LogP contribution in [0.3, 0.4) is 0 Å². The lowest BCUT2D eigenvalue weighted by Crippen LogP contribution is -2.12. The molecule has 0 fully saturated rings. The minimum Gasteiger partial charge on any atom is -0.497 e. The standard InChI is InChI=1S/C14H14N4O2/c1-8-6-10(20-3)4-5-11(8)12-9(2)7-15-18-13(12)16-17-14(18)19/h4-7H,1-3H3,(H,17,19). The van der Waals surface area contributed by atoms with E-state index in [9.17, 15) is 4.79 Å². The van der Waals surface area contributed by atoms with Crippen molar-refractivity contribution in [1.82, 2.24) is 19.8 Å². The molecule has 0 aliphatic rings. The fourth-order valence-corrected chi connectivity index (χ4v) is 2.32. The summed E-state index contributed by atoms with van der Waals surface area (Å²) in [5.74, 6) is 0.799. The predicted molar refractivity (Wildman–Crippen MR) is 75.1 cm³/mol. The molecule has 0 spiro atoms. The van der Waals surface area contributed by atoms with Gasteiger partial charge in [0.15, 0.2) is 5.65 Å². The van der Waals surface area contributed by atoms with Crippen LogP contribution in [0, 0.1) is 13.8 Å². The lowest BCUT2D eigenvalue weighted by molar-refractivity contribution is 0.414. The maximum Gasteiger partial charge on any atom is 0.364 e. The number of nitrogens with zero attached hydrogens (tertiary/aromatic N) is 3. The molecule has 0 bridgehead atoms. The number of hydrogen-bond donors (Lipinski definition) is 1. The molecule has 2 aromatic heterocycles. The lowest BCUT2D eigenvalue weighted by atomic mass is 9.98. The van der Waals surface area contributed by atoms with Crippen LogP contribution in [0.5, 0.6) is 5.75 Å². The van der Waals surface area contributed by atoms with E-state index in [1.807, 2.05) is 32.0 Å². The molecule has 1 aromatic carbocycles. The molecular weight excluding hydrogens is 256 g/mol. The van der Waals surface area contributed by atoms with Crippen LogP contribution in [0.2, 0.25) is 0 Å². The van der Waals surface area contributed by atoms with Gasteiger partial charge in [-0.05, 0) is 42.7 Å². The summed E-state index contributed by atoms with van der Waals surface area (Å²) < 4.78 is 6.49. The second kappa shape index (κ2) is 4.48. The third kappa shape index (κ3) is 1.77. The van der Waals surface area contributed by atoms with Gasteiger partial charge in [0.25, 0.3) is 0 Å². The van der Waals surface area contributed by atoms with Crippen molar-refractivity contribution >= 4 is 5.65 Å². The highest BCUT2D eigenvalue weighted by molar-refractivity contribution is 5.81. The van der Waals surface area contributed by atoms with Gasteiger partial charge in [-0.2, -0.15) is 14.7 Å². The van der Waals surface area contributed by atoms with E-state index < -0.39 is 0 Å². The molecule has 0 saturated carbocycles. The topological polar surface area (TPSA) is 72.3 Å². The molecule has 6 heteroatoms. The van der Waals surface area contributed by atoms with E-state index in [0.29, 0.717) is 5.65 Å². The summed E-state index contributed by atoms with van der Waals surface area (Å²) in [6.07, 6.45) is 1.67. The normalized spacial score (nSPS) is 10.9. The SMILES string of the molecule is COc1ccc(-c2c(C)cnn3c(=O)[nH]nc23)c(C)c1. The minimum atomic E-state index is -0.340. The zero-order valence-corrected chi connectivity index (χ0v) is 11.5. The second-order valence-corrected chi connectivity index (χ2v) is 4.65. The van der Waals surface area contributed by atoms with Gasteiger partial charge in [-0.25, -0.2) is 9.89 Å². The van der Waals surface area contributed by atoms with Crippen LogP contribution in [0.1, 0.15) is 11.1 Å². The molecule has 0 unspecified atom stereocenters. The summed E-state index contributed by atoms with van der Waals surface area (Å²) in [6, 6.07) is 5.82. The van der Waals surface area contributed by atoms with E-state index >= 15 is 0 Å². The molecular formula is C14H14N4O2. The molecule has 1 N–H and O–H groups in total. The van der Waals surface area contributed by atoms with E-state index in [-0.39, 0.29) is 5.69 Å². The summed E-state index contributed by atoms with van der Waals surface area (Å²) in [4.78, 5) is 11.6. The number of ether oxygens (including phenoxy) is 1. The average Bonchev–Trinajstić information content (AvgIpc) is 2.81. The Morgan fingerprint density at radius 1 is 1.25 bits per heavy atom. The molecule has 0 radical (unpaired) electrons. The third-order valence-corrected chi connectivity index (χ3v) is 3.34. The Morgan fingerprint density at radius 3 is 2.75 bits per heavy atom. The van der Waals surface area contributed by atoms with Crippen LogP contribution >= 0.6 is 0 Å². The van der Waals surface area contributed by atoms with E-state index in [2.05, 4.69) is 15.3 Å². The van der Waals surface area contributed by atoms with Crippen LogP contribution in [0.25, 0.3) is 16.8 Å². The largest absolute Gasteiger partial charge is 0.497 e. The fraction of sp³-hybridized carbons (Fsp3) is 0.214. The van der Waals surface area contributed by atoms with Crippen molar-refractivity contribution in [3.8, 4) is 16.9 Å². The van der Waals surface area contributed by atoms with E-state index in [0.717, 1.165) is 28.0 Å². The number of H-pyrrole nitrogens is 1. The maximum atomic E-state index is 11.6. The Labute approximate surface area is 115 Å². The van der Waals surface area contributed by atoms with Crippen molar-refractivity contribution < 1.29 is 4.74 Å². The van der Waals surface area contributed by atoms with Gasteiger partial charge in [0.2, 0.25) is 0 Å².